The molecule has 1 aromatic heterocycles. The quantitative estimate of drug-likeness (QED) is 0.901. The first kappa shape index (κ1) is 12.1. The van der Waals surface area contributed by atoms with E-state index in [1.165, 1.54) is 9.75 Å². The summed E-state index contributed by atoms with van der Waals surface area (Å²) in [6.45, 7) is 3.34. The lowest BCUT2D eigenvalue weighted by molar-refractivity contribution is -0.131. The third-order valence-electron chi connectivity index (χ3n) is 3.71. The highest BCUT2D eigenvalue weighted by Gasteiger charge is 2.59. The summed E-state index contributed by atoms with van der Waals surface area (Å²) < 4.78 is 5.11. The van der Waals surface area contributed by atoms with Gasteiger partial charge in [0.05, 0.1) is 6.61 Å². The standard InChI is InChI=1S/C13H18N2O2S/c1-9-3-4-10(18-9)11-14-13(5-6-13)12(16)15(11)7-8-17-2/h3-4,11,14H,5-8H2,1-2H3. The van der Waals surface area contributed by atoms with Crippen LogP contribution in [0.15, 0.2) is 12.1 Å². The molecule has 1 aliphatic carbocycles. The van der Waals surface area contributed by atoms with Gasteiger partial charge in [0.1, 0.15) is 11.7 Å². The van der Waals surface area contributed by atoms with Gasteiger partial charge in [-0.05, 0) is 31.9 Å². The van der Waals surface area contributed by atoms with E-state index in [9.17, 15) is 4.79 Å². The zero-order valence-electron chi connectivity index (χ0n) is 10.7. The zero-order valence-corrected chi connectivity index (χ0v) is 11.5. The number of nitrogens with zero attached hydrogens (tertiary/aromatic N) is 1. The van der Waals surface area contributed by atoms with Crippen molar-refractivity contribution in [3.8, 4) is 0 Å². The van der Waals surface area contributed by atoms with Crippen LogP contribution in [-0.2, 0) is 9.53 Å². The van der Waals surface area contributed by atoms with E-state index in [1.807, 2.05) is 4.90 Å². The number of carbonyl (C=O) groups is 1. The fourth-order valence-electron chi connectivity index (χ4n) is 2.52. The van der Waals surface area contributed by atoms with Crippen molar-refractivity contribution in [2.45, 2.75) is 31.5 Å². The van der Waals surface area contributed by atoms with Crippen LogP contribution in [0.1, 0.15) is 28.8 Å². The van der Waals surface area contributed by atoms with E-state index < -0.39 is 0 Å². The fourth-order valence-corrected chi connectivity index (χ4v) is 3.46. The van der Waals surface area contributed by atoms with Crippen LogP contribution in [0.2, 0.25) is 0 Å². The molecule has 0 radical (unpaired) electrons. The summed E-state index contributed by atoms with van der Waals surface area (Å²) >= 11 is 1.76. The Morgan fingerprint density at radius 3 is 2.89 bits per heavy atom. The molecule has 18 heavy (non-hydrogen) atoms. The first-order valence-corrected chi connectivity index (χ1v) is 7.12. The Balaban J connectivity index is 1.84. The Bertz CT molecular complexity index is 467. The molecule has 5 heteroatoms. The first-order chi connectivity index (χ1) is 8.66. The van der Waals surface area contributed by atoms with Crippen molar-refractivity contribution in [1.82, 2.24) is 10.2 Å². The van der Waals surface area contributed by atoms with Crippen LogP contribution in [-0.4, -0.2) is 36.6 Å². The molecule has 1 spiro atoms. The van der Waals surface area contributed by atoms with Crippen molar-refractivity contribution in [3.05, 3.63) is 21.9 Å². The number of ether oxygens (including phenoxy) is 1. The van der Waals surface area contributed by atoms with Gasteiger partial charge in [-0.25, -0.2) is 0 Å². The SMILES string of the molecule is COCCN1C(=O)C2(CC2)NC1c1ccc(C)s1. The summed E-state index contributed by atoms with van der Waals surface area (Å²) in [4.78, 5) is 16.8. The summed E-state index contributed by atoms with van der Waals surface area (Å²) in [6.07, 6.45) is 1.97. The van der Waals surface area contributed by atoms with E-state index >= 15 is 0 Å². The van der Waals surface area contributed by atoms with E-state index in [-0.39, 0.29) is 17.6 Å². The topological polar surface area (TPSA) is 41.6 Å². The normalized spacial score (nSPS) is 25.1. The van der Waals surface area contributed by atoms with Gasteiger partial charge in [-0.15, -0.1) is 11.3 Å². The van der Waals surface area contributed by atoms with Crippen molar-refractivity contribution in [2.75, 3.05) is 20.3 Å². The molecule has 4 nitrogen and oxygen atoms in total. The van der Waals surface area contributed by atoms with E-state index in [0.29, 0.717) is 13.2 Å². The number of rotatable bonds is 4. The number of hydrogen-bond acceptors (Lipinski definition) is 4. The molecule has 1 N–H and O–H groups in total. The average molecular weight is 266 g/mol. The molecule has 1 aromatic rings. The largest absolute Gasteiger partial charge is 0.383 e. The van der Waals surface area contributed by atoms with Crippen LogP contribution in [0.4, 0.5) is 0 Å². The van der Waals surface area contributed by atoms with Gasteiger partial charge < -0.3 is 9.64 Å². The van der Waals surface area contributed by atoms with E-state index in [0.717, 1.165) is 12.8 Å². The lowest BCUT2D eigenvalue weighted by Crippen LogP contribution is -2.34. The molecule has 98 valence electrons. The van der Waals surface area contributed by atoms with Crippen LogP contribution in [0.25, 0.3) is 0 Å². The van der Waals surface area contributed by atoms with Crippen LogP contribution >= 0.6 is 11.3 Å². The second-order valence-corrected chi connectivity index (χ2v) is 6.39. The molecular formula is C13H18N2O2S. The molecule has 2 heterocycles. The van der Waals surface area contributed by atoms with Gasteiger partial charge in [0.2, 0.25) is 5.91 Å². The predicted octanol–water partition coefficient (Wildman–Crippen LogP) is 1.67. The Morgan fingerprint density at radius 1 is 1.56 bits per heavy atom. The lowest BCUT2D eigenvalue weighted by Gasteiger charge is -2.22. The van der Waals surface area contributed by atoms with Gasteiger partial charge in [0.15, 0.2) is 0 Å². The van der Waals surface area contributed by atoms with Crippen molar-refractivity contribution in [3.63, 3.8) is 0 Å². The minimum atomic E-state index is -0.254. The van der Waals surface area contributed by atoms with E-state index in [4.69, 9.17) is 4.74 Å². The maximum atomic E-state index is 12.4. The fraction of sp³-hybridized carbons (Fsp3) is 0.615. The maximum absolute atomic E-state index is 12.4. The lowest BCUT2D eigenvalue weighted by atomic mass is 10.3. The molecule has 1 saturated carbocycles. The smallest absolute Gasteiger partial charge is 0.244 e. The van der Waals surface area contributed by atoms with Crippen molar-refractivity contribution in [1.29, 1.82) is 0 Å². The zero-order chi connectivity index (χ0) is 12.8. The number of hydrogen-bond donors (Lipinski definition) is 1. The minimum Gasteiger partial charge on any atom is -0.383 e. The summed E-state index contributed by atoms with van der Waals surface area (Å²) in [5.74, 6) is 0.246. The summed E-state index contributed by atoms with van der Waals surface area (Å²) in [7, 11) is 1.67. The minimum absolute atomic E-state index is 0.0360. The highest BCUT2D eigenvalue weighted by Crippen LogP contribution is 2.46. The molecule has 1 amide bonds. The third kappa shape index (κ3) is 1.86. The molecule has 3 rings (SSSR count). The van der Waals surface area contributed by atoms with Crippen molar-refractivity contribution in [2.24, 2.45) is 0 Å². The van der Waals surface area contributed by atoms with Crippen LogP contribution in [0.5, 0.6) is 0 Å². The van der Waals surface area contributed by atoms with Crippen molar-refractivity contribution >= 4 is 17.2 Å². The van der Waals surface area contributed by atoms with Gasteiger partial charge in [-0.1, -0.05) is 0 Å². The van der Waals surface area contributed by atoms with Crippen LogP contribution < -0.4 is 5.32 Å². The third-order valence-corrected chi connectivity index (χ3v) is 4.76. The van der Waals surface area contributed by atoms with Gasteiger partial charge >= 0.3 is 0 Å². The number of amides is 1. The van der Waals surface area contributed by atoms with Gasteiger partial charge in [0, 0.05) is 23.4 Å². The second kappa shape index (κ2) is 4.33. The number of carbonyl (C=O) groups excluding carboxylic acids is 1. The van der Waals surface area contributed by atoms with Gasteiger partial charge in [-0.3, -0.25) is 10.1 Å². The Hall–Kier alpha value is -0.910. The molecule has 1 unspecified atom stereocenters. The highest BCUT2D eigenvalue weighted by molar-refractivity contribution is 7.12. The first-order valence-electron chi connectivity index (χ1n) is 6.30. The van der Waals surface area contributed by atoms with Gasteiger partial charge in [0.25, 0.3) is 0 Å². The number of thiophene rings is 1. The summed E-state index contributed by atoms with van der Waals surface area (Å²) in [6, 6.07) is 4.23. The second-order valence-electron chi connectivity index (χ2n) is 5.07. The maximum Gasteiger partial charge on any atom is 0.244 e. The van der Waals surface area contributed by atoms with Gasteiger partial charge in [-0.2, -0.15) is 0 Å². The summed E-state index contributed by atoms with van der Waals surface area (Å²) in [5, 5.41) is 3.51. The number of nitrogens with one attached hydrogen (secondary N) is 1. The molecule has 0 bridgehead atoms. The molecule has 2 fully saturated rings. The Kier molecular flexibility index (Phi) is 2.92. The average Bonchev–Trinajstić information content (AvgIpc) is 2.94. The molecule has 1 saturated heterocycles. The Morgan fingerprint density at radius 2 is 2.33 bits per heavy atom. The van der Waals surface area contributed by atoms with Crippen molar-refractivity contribution < 1.29 is 9.53 Å². The van der Waals surface area contributed by atoms with E-state index in [1.54, 1.807) is 18.4 Å². The molecular weight excluding hydrogens is 248 g/mol. The highest BCUT2D eigenvalue weighted by atomic mass is 32.1. The monoisotopic (exact) mass is 266 g/mol. The Labute approximate surface area is 111 Å². The van der Waals surface area contributed by atoms with E-state index in [2.05, 4.69) is 24.4 Å². The molecule has 2 aliphatic rings. The number of methoxy groups -OCH3 is 1. The number of aryl methyl sites for hydroxylation is 1. The van der Waals surface area contributed by atoms with Crippen LogP contribution in [0, 0.1) is 6.92 Å². The van der Waals surface area contributed by atoms with Crippen LogP contribution in [0.3, 0.4) is 0 Å². The molecule has 0 aromatic carbocycles. The summed E-state index contributed by atoms with van der Waals surface area (Å²) in [5.41, 5.74) is -0.254. The molecule has 1 aliphatic heterocycles. The molecule has 1 atom stereocenters. The predicted molar refractivity (Wildman–Crippen MR) is 70.5 cm³/mol.